The summed E-state index contributed by atoms with van der Waals surface area (Å²) in [5, 5.41) is 3.92. The Balaban J connectivity index is 1.66. The van der Waals surface area contributed by atoms with Crippen LogP contribution in [0.4, 0.5) is 5.69 Å². The van der Waals surface area contributed by atoms with Crippen LogP contribution in [0.1, 0.15) is 25.0 Å². The van der Waals surface area contributed by atoms with Gasteiger partial charge in [-0.25, -0.2) is 0 Å². The molecular formula is C16H19ClN2O. The molecule has 0 aliphatic heterocycles. The van der Waals surface area contributed by atoms with Gasteiger partial charge in [0.25, 0.3) is 0 Å². The van der Waals surface area contributed by atoms with Gasteiger partial charge in [0.05, 0.1) is 16.8 Å². The molecule has 106 valence electrons. The summed E-state index contributed by atoms with van der Waals surface area (Å²) in [6.45, 7) is 3.61. The van der Waals surface area contributed by atoms with Crippen molar-refractivity contribution in [1.29, 1.82) is 0 Å². The molecule has 0 radical (unpaired) electrons. The molecule has 1 atom stereocenters. The Morgan fingerprint density at radius 1 is 1.25 bits per heavy atom. The number of aromatic nitrogens is 1. The maximum atomic E-state index is 6.01. The summed E-state index contributed by atoms with van der Waals surface area (Å²) >= 11 is 6.01. The zero-order valence-corrected chi connectivity index (χ0v) is 12.3. The zero-order chi connectivity index (χ0) is 14.2. The normalized spacial score (nSPS) is 12.1. The molecule has 3 nitrogen and oxygen atoms in total. The maximum Gasteiger partial charge on any atom is 0.0820 e. The lowest BCUT2D eigenvalue weighted by atomic mass is 10.1. The Morgan fingerprint density at radius 3 is 2.80 bits per heavy atom. The lowest BCUT2D eigenvalue weighted by molar-refractivity contribution is 0.0656. The van der Waals surface area contributed by atoms with Gasteiger partial charge >= 0.3 is 0 Å². The van der Waals surface area contributed by atoms with E-state index in [-0.39, 0.29) is 6.10 Å². The van der Waals surface area contributed by atoms with Crippen LogP contribution >= 0.6 is 11.6 Å². The fourth-order valence-corrected chi connectivity index (χ4v) is 2.08. The first-order chi connectivity index (χ1) is 9.77. The second kappa shape index (κ2) is 7.88. The van der Waals surface area contributed by atoms with E-state index in [2.05, 4.69) is 29.4 Å². The van der Waals surface area contributed by atoms with Gasteiger partial charge in [0.1, 0.15) is 0 Å². The van der Waals surface area contributed by atoms with E-state index in [0.717, 1.165) is 18.7 Å². The molecule has 0 bridgehead atoms. The van der Waals surface area contributed by atoms with E-state index in [4.69, 9.17) is 16.3 Å². The van der Waals surface area contributed by atoms with Crippen molar-refractivity contribution in [2.75, 3.05) is 18.5 Å². The van der Waals surface area contributed by atoms with E-state index in [1.54, 1.807) is 12.4 Å². The van der Waals surface area contributed by atoms with Crippen molar-refractivity contribution in [1.82, 2.24) is 4.98 Å². The number of halogens is 1. The molecule has 1 unspecified atom stereocenters. The Hall–Kier alpha value is -1.58. The van der Waals surface area contributed by atoms with E-state index >= 15 is 0 Å². The zero-order valence-electron chi connectivity index (χ0n) is 11.6. The first-order valence-corrected chi connectivity index (χ1v) is 7.15. The minimum Gasteiger partial charge on any atom is -0.384 e. The number of nitrogens with one attached hydrogen (secondary N) is 1. The van der Waals surface area contributed by atoms with Crippen LogP contribution in [0.5, 0.6) is 0 Å². The van der Waals surface area contributed by atoms with Gasteiger partial charge in [0.15, 0.2) is 0 Å². The summed E-state index contributed by atoms with van der Waals surface area (Å²) in [6.07, 6.45) is 4.41. The van der Waals surface area contributed by atoms with Gasteiger partial charge < -0.3 is 10.1 Å². The SMILES string of the molecule is CC(OCCCNc1ccncc1Cl)c1ccccc1. The predicted molar refractivity (Wildman–Crippen MR) is 83.2 cm³/mol. The van der Waals surface area contributed by atoms with Crippen molar-refractivity contribution in [2.24, 2.45) is 0 Å². The number of anilines is 1. The minimum absolute atomic E-state index is 0.126. The molecule has 1 N–H and O–H groups in total. The molecular weight excluding hydrogens is 272 g/mol. The van der Waals surface area contributed by atoms with Gasteiger partial charge in [0.2, 0.25) is 0 Å². The van der Waals surface area contributed by atoms with Crippen LogP contribution in [0.25, 0.3) is 0 Å². The highest BCUT2D eigenvalue weighted by molar-refractivity contribution is 6.33. The van der Waals surface area contributed by atoms with E-state index in [9.17, 15) is 0 Å². The summed E-state index contributed by atoms with van der Waals surface area (Å²) in [5.41, 5.74) is 2.12. The third-order valence-corrected chi connectivity index (χ3v) is 3.35. The molecule has 2 aromatic rings. The summed E-state index contributed by atoms with van der Waals surface area (Å²) in [5.74, 6) is 0. The Labute approximate surface area is 124 Å². The summed E-state index contributed by atoms with van der Waals surface area (Å²) in [4.78, 5) is 3.95. The van der Waals surface area contributed by atoms with Gasteiger partial charge in [-0.1, -0.05) is 41.9 Å². The lowest BCUT2D eigenvalue weighted by Crippen LogP contribution is -2.08. The highest BCUT2D eigenvalue weighted by Crippen LogP contribution is 2.19. The third kappa shape index (κ3) is 4.51. The maximum absolute atomic E-state index is 6.01. The number of rotatable bonds is 7. The molecule has 0 fully saturated rings. The fourth-order valence-electron chi connectivity index (χ4n) is 1.89. The summed E-state index contributed by atoms with van der Waals surface area (Å²) in [7, 11) is 0. The average Bonchev–Trinajstić information content (AvgIpc) is 2.49. The molecule has 20 heavy (non-hydrogen) atoms. The number of nitrogens with zero attached hydrogens (tertiary/aromatic N) is 1. The highest BCUT2D eigenvalue weighted by Gasteiger charge is 2.04. The molecule has 0 aliphatic carbocycles. The molecule has 1 heterocycles. The monoisotopic (exact) mass is 290 g/mol. The number of hydrogen-bond donors (Lipinski definition) is 1. The molecule has 0 amide bonds. The Morgan fingerprint density at radius 2 is 2.05 bits per heavy atom. The molecule has 0 spiro atoms. The van der Waals surface area contributed by atoms with Gasteiger partial charge in [0, 0.05) is 25.5 Å². The summed E-state index contributed by atoms with van der Waals surface area (Å²) in [6, 6.07) is 12.1. The van der Waals surface area contributed by atoms with E-state index in [1.807, 2.05) is 24.3 Å². The second-order valence-electron chi connectivity index (χ2n) is 4.56. The highest BCUT2D eigenvalue weighted by atomic mass is 35.5. The Kier molecular flexibility index (Phi) is 5.84. The van der Waals surface area contributed by atoms with Crippen molar-refractivity contribution in [3.8, 4) is 0 Å². The second-order valence-corrected chi connectivity index (χ2v) is 4.97. The molecule has 0 aliphatic rings. The van der Waals surface area contributed by atoms with Crippen LogP contribution in [0.15, 0.2) is 48.8 Å². The first-order valence-electron chi connectivity index (χ1n) is 6.77. The number of benzene rings is 1. The number of pyridine rings is 1. The van der Waals surface area contributed by atoms with Gasteiger partial charge in [-0.2, -0.15) is 0 Å². The Bertz CT molecular complexity index is 519. The largest absolute Gasteiger partial charge is 0.384 e. The van der Waals surface area contributed by atoms with E-state index < -0.39 is 0 Å². The van der Waals surface area contributed by atoms with E-state index in [1.165, 1.54) is 5.56 Å². The van der Waals surface area contributed by atoms with Gasteiger partial charge in [-0.3, -0.25) is 4.98 Å². The number of ether oxygens (including phenoxy) is 1. The van der Waals surface area contributed by atoms with Gasteiger partial charge in [-0.15, -0.1) is 0 Å². The molecule has 2 rings (SSSR count). The standard InChI is InChI=1S/C16H19ClN2O/c1-13(14-6-3-2-4-7-14)20-11-5-9-19-16-8-10-18-12-15(16)17/h2-4,6-8,10,12-13H,5,9,11H2,1H3,(H,18,19). The summed E-state index contributed by atoms with van der Waals surface area (Å²) < 4.78 is 5.81. The van der Waals surface area contributed by atoms with Crippen LogP contribution in [-0.4, -0.2) is 18.1 Å². The topological polar surface area (TPSA) is 34.1 Å². The smallest absolute Gasteiger partial charge is 0.0820 e. The van der Waals surface area contributed by atoms with Crippen LogP contribution in [-0.2, 0) is 4.74 Å². The van der Waals surface area contributed by atoms with Crippen molar-refractivity contribution in [3.63, 3.8) is 0 Å². The molecule has 0 saturated carbocycles. The van der Waals surface area contributed by atoms with Crippen molar-refractivity contribution >= 4 is 17.3 Å². The lowest BCUT2D eigenvalue weighted by Gasteiger charge is -2.14. The molecule has 0 saturated heterocycles. The van der Waals surface area contributed by atoms with Crippen molar-refractivity contribution < 1.29 is 4.74 Å². The van der Waals surface area contributed by atoms with Crippen molar-refractivity contribution in [2.45, 2.75) is 19.4 Å². The molecule has 4 heteroatoms. The van der Waals surface area contributed by atoms with Gasteiger partial charge in [-0.05, 0) is 25.0 Å². The van der Waals surface area contributed by atoms with Crippen LogP contribution in [0, 0.1) is 0 Å². The molecule has 1 aromatic heterocycles. The van der Waals surface area contributed by atoms with Crippen LogP contribution in [0.2, 0.25) is 5.02 Å². The fraction of sp³-hybridized carbons (Fsp3) is 0.312. The quantitative estimate of drug-likeness (QED) is 0.771. The first kappa shape index (κ1) is 14.8. The predicted octanol–water partition coefficient (Wildman–Crippen LogP) is 4.31. The molecule has 1 aromatic carbocycles. The van der Waals surface area contributed by atoms with E-state index in [0.29, 0.717) is 11.6 Å². The minimum atomic E-state index is 0.126. The average molecular weight is 291 g/mol. The number of hydrogen-bond acceptors (Lipinski definition) is 3. The third-order valence-electron chi connectivity index (χ3n) is 3.05. The van der Waals surface area contributed by atoms with Crippen molar-refractivity contribution in [3.05, 3.63) is 59.4 Å². The van der Waals surface area contributed by atoms with Crippen LogP contribution < -0.4 is 5.32 Å². The van der Waals surface area contributed by atoms with Crippen LogP contribution in [0.3, 0.4) is 0 Å².